The zero-order chi connectivity index (χ0) is 14.5. The fourth-order valence-corrected chi connectivity index (χ4v) is 2.17. The minimum atomic E-state index is -0.248. The number of benzene rings is 1. The largest absolute Gasteiger partial charge is 0.473 e. The number of piperazine rings is 1. The molecule has 6 heteroatoms. The second-order valence-corrected chi connectivity index (χ2v) is 4.85. The minimum Gasteiger partial charge on any atom is -0.473 e. The van der Waals surface area contributed by atoms with Crippen LogP contribution in [0.15, 0.2) is 36.5 Å². The highest BCUT2D eigenvalue weighted by Gasteiger charge is 2.13. The van der Waals surface area contributed by atoms with Gasteiger partial charge in [0.15, 0.2) is 0 Å². The average molecular weight is 288 g/mol. The van der Waals surface area contributed by atoms with E-state index in [0.717, 1.165) is 31.7 Å². The van der Waals surface area contributed by atoms with Crippen LogP contribution in [-0.2, 0) is 6.61 Å². The SMILES string of the molecule is Fc1ccc(COc2ccnc(N3CCNCC3)n2)cc1. The van der Waals surface area contributed by atoms with Gasteiger partial charge in [0.05, 0.1) is 0 Å². The van der Waals surface area contributed by atoms with Crippen LogP contribution in [0, 0.1) is 5.82 Å². The average Bonchev–Trinajstić information content (AvgIpc) is 2.55. The fraction of sp³-hybridized carbons (Fsp3) is 0.333. The van der Waals surface area contributed by atoms with Gasteiger partial charge in [0.25, 0.3) is 0 Å². The maximum atomic E-state index is 12.8. The van der Waals surface area contributed by atoms with Gasteiger partial charge in [-0.2, -0.15) is 4.98 Å². The third-order valence-electron chi connectivity index (χ3n) is 3.32. The molecule has 5 nitrogen and oxygen atoms in total. The lowest BCUT2D eigenvalue weighted by atomic mass is 10.2. The van der Waals surface area contributed by atoms with Crippen molar-refractivity contribution in [2.24, 2.45) is 0 Å². The first kappa shape index (κ1) is 13.8. The Morgan fingerprint density at radius 3 is 2.67 bits per heavy atom. The molecule has 1 saturated heterocycles. The maximum Gasteiger partial charge on any atom is 0.228 e. The molecule has 1 N–H and O–H groups in total. The summed E-state index contributed by atoms with van der Waals surface area (Å²) in [4.78, 5) is 10.8. The molecule has 1 fully saturated rings. The summed E-state index contributed by atoms with van der Waals surface area (Å²) in [7, 11) is 0. The molecule has 1 aliphatic heterocycles. The molecule has 21 heavy (non-hydrogen) atoms. The van der Waals surface area contributed by atoms with Crippen LogP contribution in [0.3, 0.4) is 0 Å². The van der Waals surface area contributed by atoms with Gasteiger partial charge in [0, 0.05) is 38.4 Å². The van der Waals surface area contributed by atoms with E-state index in [4.69, 9.17) is 4.74 Å². The van der Waals surface area contributed by atoms with Crippen molar-refractivity contribution < 1.29 is 9.13 Å². The van der Waals surface area contributed by atoms with Crippen LogP contribution in [0.4, 0.5) is 10.3 Å². The maximum absolute atomic E-state index is 12.8. The molecule has 3 rings (SSSR count). The molecule has 0 bridgehead atoms. The molecule has 110 valence electrons. The van der Waals surface area contributed by atoms with E-state index in [9.17, 15) is 4.39 Å². The molecule has 0 spiro atoms. The number of hydrogen-bond donors (Lipinski definition) is 1. The van der Waals surface area contributed by atoms with Crippen molar-refractivity contribution in [3.05, 3.63) is 47.9 Å². The quantitative estimate of drug-likeness (QED) is 0.926. The normalized spacial score (nSPS) is 15.0. The van der Waals surface area contributed by atoms with Gasteiger partial charge in [0.1, 0.15) is 12.4 Å². The molecule has 0 radical (unpaired) electrons. The van der Waals surface area contributed by atoms with E-state index in [1.807, 2.05) is 0 Å². The fourth-order valence-electron chi connectivity index (χ4n) is 2.17. The lowest BCUT2D eigenvalue weighted by Crippen LogP contribution is -2.44. The molecule has 1 aromatic heterocycles. The highest BCUT2D eigenvalue weighted by molar-refractivity contribution is 5.32. The van der Waals surface area contributed by atoms with Gasteiger partial charge in [-0.15, -0.1) is 0 Å². The van der Waals surface area contributed by atoms with Gasteiger partial charge in [-0.1, -0.05) is 12.1 Å². The Morgan fingerprint density at radius 2 is 1.90 bits per heavy atom. The number of anilines is 1. The van der Waals surface area contributed by atoms with Gasteiger partial charge in [-0.25, -0.2) is 9.37 Å². The molecular weight excluding hydrogens is 271 g/mol. The third-order valence-corrected chi connectivity index (χ3v) is 3.32. The number of nitrogens with zero attached hydrogens (tertiary/aromatic N) is 3. The van der Waals surface area contributed by atoms with Crippen LogP contribution < -0.4 is 15.0 Å². The number of aromatic nitrogens is 2. The Hall–Kier alpha value is -2.21. The van der Waals surface area contributed by atoms with Gasteiger partial charge in [-0.05, 0) is 17.7 Å². The van der Waals surface area contributed by atoms with Crippen LogP contribution in [0.2, 0.25) is 0 Å². The molecule has 0 saturated carbocycles. The molecular formula is C15H17FN4O. The number of halogens is 1. The lowest BCUT2D eigenvalue weighted by Gasteiger charge is -2.27. The molecule has 0 atom stereocenters. The molecule has 2 aromatic rings. The van der Waals surface area contributed by atoms with Crippen molar-refractivity contribution in [2.45, 2.75) is 6.61 Å². The van der Waals surface area contributed by atoms with Crippen LogP contribution in [0.25, 0.3) is 0 Å². The third kappa shape index (κ3) is 3.66. The zero-order valence-corrected chi connectivity index (χ0v) is 11.6. The summed E-state index contributed by atoms with van der Waals surface area (Å²) >= 11 is 0. The first-order chi connectivity index (χ1) is 10.3. The molecule has 0 amide bonds. The lowest BCUT2D eigenvalue weighted by molar-refractivity contribution is 0.293. The summed E-state index contributed by atoms with van der Waals surface area (Å²) in [6, 6.07) is 7.98. The number of ether oxygens (including phenoxy) is 1. The van der Waals surface area contributed by atoms with E-state index in [-0.39, 0.29) is 5.82 Å². The van der Waals surface area contributed by atoms with E-state index in [1.54, 1.807) is 24.4 Å². The van der Waals surface area contributed by atoms with Gasteiger partial charge in [0.2, 0.25) is 11.8 Å². The summed E-state index contributed by atoms with van der Waals surface area (Å²) < 4.78 is 18.5. The summed E-state index contributed by atoms with van der Waals surface area (Å²) in [6.45, 7) is 4.01. The van der Waals surface area contributed by atoms with Crippen LogP contribution in [0.5, 0.6) is 5.88 Å². The van der Waals surface area contributed by atoms with Gasteiger partial charge < -0.3 is 15.0 Å². The molecule has 1 aliphatic rings. The van der Waals surface area contributed by atoms with Crippen molar-refractivity contribution in [1.82, 2.24) is 15.3 Å². The van der Waals surface area contributed by atoms with Gasteiger partial charge >= 0.3 is 0 Å². The summed E-state index contributed by atoms with van der Waals surface area (Å²) in [5.41, 5.74) is 0.902. The highest BCUT2D eigenvalue weighted by atomic mass is 19.1. The Balaban J connectivity index is 1.64. The van der Waals surface area contributed by atoms with Crippen molar-refractivity contribution in [3.8, 4) is 5.88 Å². The zero-order valence-electron chi connectivity index (χ0n) is 11.6. The van der Waals surface area contributed by atoms with E-state index in [0.29, 0.717) is 18.4 Å². The van der Waals surface area contributed by atoms with Crippen molar-refractivity contribution in [3.63, 3.8) is 0 Å². The number of rotatable bonds is 4. The Labute approximate surface area is 122 Å². The van der Waals surface area contributed by atoms with Crippen molar-refractivity contribution >= 4 is 5.95 Å². The monoisotopic (exact) mass is 288 g/mol. The number of hydrogen-bond acceptors (Lipinski definition) is 5. The summed E-state index contributed by atoms with van der Waals surface area (Å²) in [6.07, 6.45) is 1.70. The Bertz CT molecular complexity index is 584. The van der Waals surface area contributed by atoms with E-state index in [1.165, 1.54) is 12.1 Å². The van der Waals surface area contributed by atoms with Gasteiger partial charge in [-0.3, -0.25) is 0 Å². The molecule has 0 aliphatic carbocycles. The topological polar surface area (TPSA) is 50.3 Å². The second kappa shape index (κ2) is 6.49. The minimum absolute atomic E-state index is 0.248. The highest BCUT2D eigenvalue weighted by Crippen LogP contribution is 2.14. The predicted molar refractivity (Wildman–Crippen MR) is 77.8 cm³/mol. The standard InChI is InChI=1S/C15H17FN4O/c16-13-3-1-12(2-4-13)11-21-14-5-6-18-15(19-14)20-9-7-17-8-10-20/h1-6,17H,7-11H2. The first-order valence-electron chi connectivity index (χ1n) is 6.97. The van der Waals surface area contributed by atoms with E-state index in [2.05, 4.69) is 20.2 Å². The van der Waals surface area contributed by atoms with E-state index < -0.39 is 0 Å². The van der Waals surface area contributed by atoms with Crippen molar-refractivity contribution in [1.29, 1.82) is 0 Å². The smallest absolute Gasteiger partial charge is 0.228 e. The predicted octanol–water partition coefficient (Wildman–Crippen LogP) is 1.60. The summed E-state index contributed by atoms with van der Waals surface area (Å²) in [5, 5.41) is 3.29. The number of nitrogens with one attached hydrogen (secondary N) is 1. The second-order valence-electron chi connectivity index (χ2n) is 4.85. The molecule has 2 heterocycles. The first-order valence-corrected chi connectivity index (χ1v) is 6.97. The van der Waals surface area contributed by atoms with Crippen LogP contribution in [0.1, 0.15) is 5.56 Å². The molecule has 0 unspecified atom stereocenters. The van der Waals surface area contributed by atoms with E-state index >= 15 is 0 Å². The van der Waals surface area contributed by atoms with Crippen LogP contribution >= 0.6 is 0 Å². The van der Waals surface area contributed by atoms with Crippen LogP contribution in [-0.4, -0.2) is 36.1 Å². The Morgan fingerprint density at radius 1 is 1.14 bits per heavy atom. The Kier molecular flexibility index (Phi) is 4.25. The molecule has 1 aromatic carbocycles. The van der Waals surface area contributed by atoms with Crippen molar-refractivity contribution in [2.75, 3.05) is 31.1 Å². The summed E-state index contributed by atoms with van der Waals surface area (Å²) in [5.74, 6) is 0.970.